The summed E-state index contributed by atoms with van der Waals surface area (Å²) in [6.07, 6.45) is 0. The number of carbonyl (C=O) groups is 2. The minimum atomic E-state index is -1.07. The molecule has 1 amide bonds. The quantitative estimate of drug-likeness (QED) is 0.750. The van der Waals surface area contributed by atoms with Crippen molar-refractivity contribution in [1.82, 2.24) is 4.98 Å². The maximum absolute atomic E-state index is 12.3. The molecule has 2 N–H and O–H groups in total. The second-order valence-electron chi connectivity index (χ2n) is 5.41. The lowest BCUT2D eigenvalue weighted by molar-refractivity contribution is 0.0695. The van der Waals surface area contributed by atoms with Crippen LogP contribution < -0.4 is 10.1 Å². The van der Waals surface area contributed by atoms with E-state index < -0.39 is 11.9 Å². The molecule has 0 radical (unpaired) electrons. The molecule has 0 saturated carbocycles. The average molecular weight is 344 g/mol. The second kappa shape index (κ2) is 8.25. The number of amides is 1. The number of nitrogens with one attached hydrogen (secondary N) is 1. The first kappa shape index (κ1) is 18.4. The van der Waals surface area contributed by atoms with Crippen LogP contribution >= 0.6 is 0 Å². The Morgan fingerprint density at radius 3 is 2.52 bits per heavy atom. The molecule has 2 rings (SSSR count). The van der Waals surface area contributed by atoms with Crippen LogP contribution in [0.4, 0.5) is 5.69 Å². The zero-order valence-electron chi connectivity index (χ0n) is 14.3. The van der Waals surface area contributed by atoms with E-state index in [1.54, 1.807) is 26.2 Å². The fraction of sp³-hybridized carbons (Fsp3) is 0.278. The number of nitrogens with zero attached hydrogens (tertiary/aromatic N) is 1. The van der Waals surface area contributed by atoms with Crippen molar-refractivity contribution < 1.29 is 24.2 Å². The minimum absolute atomic E-state index is 0.0743. The van der Waals surface area contributed by atoms with Gasteiger partial charge in [-0.05, 0) is 49.7 Å². The summed E-state index contributed by atoms with van der Waals surface area (Å²) in [4.78, 5) is 27.4. The summed E-state index contributed by atoms with van der Waals surface area (Å²) in [5, 5.41) is 11.8. The van der Waals surface area contributed by atoms with Crippen LogP contribution in [0, 0.1) is 13.8 Å². The lowest BCUT2D eigenvalue weighted by Crippen LogP contribution is -2.16. The van der Waals surface area contributed by atoms with E-state index in [1.807, 2.05) is 13.0 Å². The normalized spacial score (nSPS) is 10.4. The first-order chi connectivity index (χ1) is 11.9. The van der Waals surface area contributed by atoms with E-state index in [2.05, 4.69) is 10.3 Å². The number of ether oxygens (including phenoxy) is 2. The molecule has 0 unspecified atom stereocenters. The molecule has 0 spiro atoms. The number of anilines is 1. The Kier molecular flexibility index (Phi) is 6.08. The maximum atomic E-state index is 12.3. The summed E-state index contributed by atoms with van der Waals surface area (Å²) in [5.74, 6) is -0.791. The van der Waals surface area contributed by atoms with Gasteiger partial charge in [0, 0.05) is 12.8 Å². The van der Waals surface area contributed by atoms with Crippen molar-refractivity contribution in [3.8, 4) is 5.75 Å². The van der Waals surface area contributed by atoms with Crippen LogP contribution in [-0.2, 0) is 4.74 Å². The Bertz CT molecular complexity index is 789. The summed E-state index contributed by atoms with van der Waals surface area (Å²) >= 11 is 0. The number of aromatic carboxylic acids is 1. The third-order valence-corrected chi connectivity index (χ3v) is 3.55. The van der Waals surface area contributed by atoms with Crippen molar-refractivity contribution in [2.75, 3.05) is 25.6 Å². The predicted octanol–water partition coefficient (Wildman–Crippen LogP) is 2.67. The molecule has 0 bridgehead atoms. The molecule has 25 heavy (non-hydrogen) atoms. The van der Waals surface area contributed by atoms with Crippen LogP contribution in [0.2, 0.25) is 0 Å². The zero-order valence-corrected chi connectivity index (χ0v) is 14.3. The highest BCUT2D eigenvalue weighted by atomic mass is 16.5. The number of methoxy groups -OCH3 is 1. The van der Waals surface area contributed by atoms with Crippen molar-refractivity contribution in [1.29, 1.82) is 0 Å². The van der Waals surface area contributed by atoms with E-state index >= 15 is 0 Å². The van der Waals surface area contributed by atoms with E-state index in [9.17, 15) is 9.59 Å². The van der Waals surface area contributed by atoms with Gasteiger partial charge in [0.2, 0.25) is 0 Å². The van der Waals surface area contributed by atoms with Gasteiger partial charge in [-0.1, -0.05) is 0 Å². The Morgan fingerprint density at radius 1 is 1.16 bits per heavy atom. The smallest absolute Gasteiger partial charge is 0.337 e. The average Bonchev–Trinajstić information content (AvgIpc) is 2.57. The summed E-state index contributed by atoms with van der Waals surface area (Å²) in [5.41, 5.74) is 1.99. The molecule has 0 aliphatic heterocycles. The Hall–Kier alpha value is -2.93. The van der Waals surface area contributed by atoms with Crippen LogP contribution in [-0.4, -0.2) is 42.3 Å². The van der Waals surface area contributed by atoms with Crippen molar-refractivity contribution in [2.45, 2.75) is 13.8 Å². The van der Waals surface area contributed by atoms with Crippen LogP contribution in [0.3, 0.4) is 0 Å². The molecule has 0 saturated heterocycles. The Balaban J connectivity index is 2.10. The molecule has 132 valence electrons. The van der Waals surface area contributed by atoms with Crippen molar-refractivity contribution in [3.63, 3.8) is 0 Å². The van der Waals surface area contributed by atoms with Gasteiger partial charge in [0.05, 0.1) is 17.9 Å². The van der Waals surface area contributed by atoms with Gasteiger partial charge < -0.3 is 19.9 Å². The summed E-state index contributed by atoms with van der Waals surface area (Å²) in [6, 6.07) is 8.08. The third kappa shape index (κ3) is 4.77. The number of hydrogen-bond donors (Lipinski definition) is 2. The standard InChI is InChI=1S/C18H20N2O5/c1-11-10-13(25-9-8-24-3)4-6-15(11)20-17(21)16-7-5-14(18(22)23)12(2)19-16/h4-7,10H,8-9H2,1-3H3,(H,20,21)(H,22,23). The van der Waals surface area contributed by atoms with Gasteiger partial charge in [-0.25, -0.2) is 9.78 Å². The highest BCUT2D eigenvalue weighted by molar-refractivity contribution is 6.03. The first-order valence-corrected chi connectivity index (χ1v) is 7.67. The number of benzene rings is 1. The number of carbonyl (C=O) groups excluding carboxylic acids is 1. The lowest BCUT2D eigenvalue weighted by atomic mass is 10.1. The summed E-state index contributed by atoms with van der Waals surface area (Å²) in [7, 11) is 1.60. The fourth-order valence-electron chi connectivity index (χ4n) is 2.21. The van der Waals surface area contributed by atoms with Gasteiger partial charge in [0.15, 0.2) is 0 Å². The number of hydrogen-bond acceptors (Lipinski definition) is 5. The molecule has 1 heterocycles. The molecule has 0 aliphatic carbocycles. The van der Waals surface area contributed by atoms with Crippen molar-refractivity contribution in [3.05, 3.63) is 52.8 Å². The third-order valence-electron chi connectivity index (χ3n) is 3.55. The number of carboxylic acid groups (broad SMARTS) is 1. The summed E-state index contributed by atoms with van der Waals surface area (Å²) < 4.78 is 10.4. The Labute approximate surface area is 145 Å². The highest BCUT2D eigenvalue weighted by Gasteiger charge is 2.14. The molecule has 7 nitrogen and oxygen atoms in total. The van der Waals surface area contributed by atoms with Gasteiger partial charge in [-0.15, -0.1) is 0 Å². The SMILES string of the molecule is COCCOc1ccc(NC(=O)c2ccc(C(=O)O)c(C)n2)c(C)c1. The summed E-state index contributed by atoms with van der Waals surface area (Å²) in [6.45, 7) is 4.35. The van der Waals surface area contributed by atoms with Gasteiger partial charge in [0.25, 0.3) is 5.91 Å². The van der Waals surface area contributed by atoms with E-state index in [1.165, 1.54) is 12.1 Å². The molecular weight excluding hydrogens is 324 g/mol. The topological polar surface area (TPSA) is 97.8 Å². The van der Waals surface area contributed by atoms with Gasteiger partial charge in [-0.2, -0.15) is 0 Å². The van der Waals surface area contributed by atoms with Gasteiger partial charge >= 0.3 is 5.97 Å². The number of aryl methyl sites for hydroxylation is 2. The van der Waals surface area contributed by atoms with Gasteiger partial charge in [-0.3, -0.25) is 4.79 Å². The van der Waals surface area contributed by atoms with E-state index in [0.29, 0.717) is 30.3 Å². The second-order valence-corrected chi connectivity index (χ2v) is 5.41. The van der Waals surface area contributed by atoms with Crippen molar-refractivity contribution in [2.24, 2.45) is 0 Å². The zero-order chi connectivity index (χ0) is 18.4. The molecule has 0 atom stereocenters. The Morgan fingerprint density at radius 2 is 1.92 bits per heavy atom. The molecule has 1 aromatic carbocycles. The van der Waals surface area contributed by atoms with Crippen LogP contribution in [0.1, 0.15) is 32.1 Å². The highest BCUT2D eigenvalue weighted by Crippen LogP contribution is 2.22. The number of aromatic nitrogens is 1. The lowest BCUT2D eigenvalue weighted by Gasteiger charge is -2.11. The van der Waals surface area contributed by atoms with Gasteiger partial charge in [0.1, 0.15) is 18.1 Å². The number of carboxylic acids is 1. The van der Waals surface area contributed by atoms with E-state index in [4.69, 9.17) is 14.6 Å². The largest absolute Gasteiger partial charge is 0.491 e. The predicted molar refractivity (Wildman–Crippen MR) is 92.4 cm³/mol. The molecule has 0 fully saturated rings. The number of pyridine rings is 1. The van der Waals surface area contributed by atoms with Crippen molar-refractivity contribution >= 4 is 17.6 Å². The van der Waals surface area contributed by atoms with Crippen LogP contribution in [0.15, 0.2) is 30.3 Å². The molecular formula is C18H20N2O5. The van der Waals surface area contributed by atoms with Crippen LogP contribution in [0.5, 0.6) is 5.75 Å². The molecule has 1 aromatic heterocycles. The maximum Gasteiger partial charge on any atom is 0.337 e. The van der Waals surface area contributed by atoms with E-state index in [0.717, 1.165) is 5.56 Å². The van der Waals surface area contributed by atoms with Crippen LogP contribution in [0.25, 0.3) is 0 Å². The number of rotatable bonds is 7. The molecule has 2 aromatic rings. The fourth-order valence-corrected chi connectivity index (χ4v) is 2.21. The first-order valence-electron chi connectivity index (χ1n) is 7.67. The van der Waals surface area contributed by atoms with E-state index in [-0.39, 0.29) is 11.3 Å². The monoisotopic (exact) mass is 344 g/mol. The molecule has 7 heteroatoms. The minimum Gasteiger partial charge on any atom is -0.491 e. The molecule has 0 aliphatic rings.